The van der Waals surface area contributed by atoms with Crippen molar-refractivity contribution in [1.82, 2.24) is 0 Å². The summed E-state index contributed by atoms with van der Waals surface area (Å²) in [5.74, 6) is -0.459. The number of methoxy groups -OCH3 is 1. The molecule has 0 atom stereocenters. The van der Waals surface area contributed by atoms with Crippen molar-refractivity contribution in [2.45, 2.75) is 11.3 Å². The lowest BCUT2D eigenvalue weighted by Crippen LogP contribution is -2.01. The number of hydrogen-bond donors (Lipinski definition) is 1. The van der Waals surface area contributed by atoms with Crippen LogP contribution in [0.2, 0.25) is 0 Å². The zero-order valence-corrected chi connectivity index (χ0v) is 10.6. The Morgan fingerprint density at radius 2 is 2.28 bits per heavy atom. The number of nitro benzene ring substituents is 1. The third-order valence-corrected chi connectivity index (χ3v) is 3.31. The van der Waals surface area contributed by atoms with E-state index in [9.17, 15) is 14.9 Å². The number of rotatable bonds is 7. The third-order valence-electron chi connectivity index (χ3n) is 2.15. The summed E-state index contributed by atoms with van der Waals surface area (Å²) in [6.45, 7) is 0.600. The number of ether oxygens (including phenoxy) is 1. The van der Waals surface area contributed by atoms with Crippen molar-refractivity contribution in [3.05, 3.63) is 33.9 Å². The quantitative estimate of drug-likeness (QED) is 0.354. The van der Waals surface area contributed by atoms with Gasteiger partial charge in [0.2, 0.25) is 0 Å². The monoisotopic (exact) mass is 271 g/mol. The highest BCUT2D eigenvalue weighted by atomic mass is 32.2. The topological polar surface area (TPSA) is 89.7 Å². The molecule has 18 heavy (non-hydrogen) atoms. The molecule has 0 aliphatic rings. The van der Waals surface area contributed by atoms with Gasteiger partial charge in [0.05, 0.1) is 10.5 Å². The van der Waals surface area contributed by atoms with Gasteiger partial charge in [-0.25, -0.2) is 4.79 Å². The van der Waals surface area contributed by atoms with Gasteiger partial charge in [0, 0.05) is 36.5 Å². The van der Waals surface area contributed by atoms with Crippen LogP contribution in [0.25, 0.3) is 0 Å². The summed E-state index contributed by atoms with van der Waals surface area (Å²) in [5.41, 5.74) is -0.250. The van der Waals surface area contributed by atoms with Gasteiger partial charge in [0.25, 0.3) is 5.69 Å². The van der Waals surface area contributed by atoms with Crippen LogP contribution in [0.1, 0.15) is 16.8 Å². The van der Waals surface area contributed by atoms with E-state index in [0.717, 1.165) is 12.5 Å². The minimum absolute atomic E-state index is 0.0355. The molecule has 98 valence electrons. The number of non-ortho nitro benzene ring substituents is 1. The standard InChI is InChI=1S/C11H13NO5S/c1-17-5-2-6-18-10-4-3-8(12(15)16)7-9(10)11(13)14/h3-4,7H,2,5-6H2,1H3,(H,13,14). The average molecular weight is 271 g/mol. The van der Waals surface area contributed by atoms with E-state index in [1.54, 1.807) is 7.11 Å². The third kappa shape index (κ3) is 4.01. The highest BCUT2D eigenvalue weighted by Crippen LogP contribution is 2.27. The van der Waals surface area contributed by atoms with E-state index in [1.807, 2.05) is 0 Å². The maximum atomic E-state index is 11.0. The fraction of sp³-hybridized carbons (Fsp3) is 0.364. The number of carboxylic acids is 1. The van der Waals surface area contributed by atoms with Crippen molar-refractivity contribution in [1.29, 1.82) is 0 Å². The molecular formula is C11H13NO5S. The Hall–Kier alpha value is -1.60. The van der Waals surface area contributed by atoms with Gasteiger partial charge in [-0.15, -0.1) is 11.8 Å². The molecular weight excluding hydrogens is 258 g/mol. The first-order chi connectivity index (χ1) is 8.56. The summed E-state index contributed by atoms with van der Waals surface area (Å²) in [6.07, 6.45) is 0.789. The van der Waals surface area contributed by atoms with Gasteiger partial charge in [0.15, 0.2) is 0 Å². The number of carbonyl (C=O) groups is 1. The first kappa shape index (κ1) is 14.5. The van der Waals surface area contributed by atoms with Crippen molar-refractivity contribution in [2.24, 2.45) is 0 Å². The summed E-state index contributed by atoms with van der Waals surface area (Å²) >= 11 is 1.35. The Morgan fingerprint density at radius 1 is 1.56 bits per heavy atom. The van der Waals surface area contributed by atoms with Crippen LogP contribution in [0.4, 0.5) is 5.69 Å². The Labute approximate surface area is 108 Å². The van der Waals surface area contributed by atoms with E-state index in [1.165, 1.54) is 23.9 Å². The summed E-state index contributed by atoms with van der Waals surface area (Å²) in [6, 6.07) is 3.87. The van der Waals surface area contributed by atoms with E-state index in [-0.39, 0.29) is 11.3 Å². The number of nitrogens with zero attached hydrogens (tertiary/aromatic N) is 1. The molecule has 0 saturated carbocycles. The van der Waals surface area contributed by atoms with Crippen LogP contribution in [0.5, 0.6) is 0 Å². The molecule has 0 amide bonds. The normalized spacial score (nSPS) is 10.3. The number of carboxylic acid groups (broad SMARTS) is 1. The zero-order chi connectivity index (χ0) is 13.5. The lowest BCUT2D eigenvalue weighted by Gasteiger charge is -2.05. The molecule has 6 nitrogen and oxygen atoms in total. The van der Waals surface area contributed by atoms with E-state index >= 15 is 0 Å². The molecule has 0 aliphatic heterocycles. The SMILES string of the molecule is COCCCSc1ccc([N+](=O)[O-])cc1C(=O)O. The molecule has 0 saturated heterocycles. The number of thioether (sulfide) groups is 1. The molecule has 1 aromatic carbocycles. The fourth-order valence-corrected chi connectivity index (χ4v) is 2.26. The second-order valence-corrected chi connectivity index (χ2v) is 4.57. The highest BCUT2D eigenvalue weighted by molar-refractivity contribution is 7.99. The Kier molecular flexibility index (Phi) is 5.60. The summed E-state index contributed by atoms with van der Waals surface area (Å²) in [4.78, 5) is 21.5. The lowest BCUT2D eigenvalue weighted by molar-refractivity contribution is -0.384. The molecule has 1 aromatic rings. The van der Waals surface area contributed by atoms with E-state index in [2.05, 4.69) is 0 Å². The van der Waals surface area contributed by atoms with Crippen molar-refractivity contribution in [3.8, 4) is 0 Å². The highest BCUT2D eigenvalue weighted by Gasteiger charge is 2.15. The second kappa shape index (κ2) is 6.97. The smallest absolute Gasteiger partial charge is 0.337 e. The molecule has 0 unspecified atom stereocenters. The average Bonchev–Trinajstić information content (AvgIpc) is 2.34. The Balaban J connectivity index is 2.83. The van der Waals surface area contributed by atoms with Crippen LogP contribution >= 0.6 is 11.8 Å². The van der Waals surface area contributed by atoms with E-state index in [0.29, 0.717) is 17.3 Å². The van der Waals surface area contributed by atoms with Gasteiger partial charge >= 0.3 is 5.97 Å². The van der Waals surface area contributed by atoms with Gasteiger partial charge in [0.1, 0.15) is 0 Å². The number of benzene rings is 1. The lowest BCUT2D eigenvalue weighted by atomic mass is 10.2. The first-order valence-corrected chi connectivity index (χ1v) is 6.18. The van der Waals surface area contributed by atoms with Crippen LogP contribution < -0.4 is 0 Å². The molecule has 0 bridgehead atoms. The molecule has 0 aliphatic carbocycles. The van der Waals surface area contributed by atoms with Crippen LogP contribution in [0.15, 0.2) is 23.1 Å². The van der Waals surface area contributed by atoms with Gasteiger partial charge in [-0.3, -0.25) is 10.1 Å². The summed E-state index contributed by atoms with van der Waals surface area (Å²) in [7, 11) is 1.60. The fourth-order valence-electron chi connectivity index (χ4n) is 1.31. The Bertz CT molecular complexity index is 449. The summed E-state index contributed by atoms with van der Waals surface area (Å²) < 4.78 is 4.89. The largest absolute Gasteiger partial charge is 0.478 e. The Morgan fingerprint density at radius 3 is 2.83 bits per heavy atom. The minimum Gasteiger partial charge on any atom is -0.478 e. The van der Waals surface area contributed by atoms with Crippen LogP contribution in [0, 0.1) is 10.1 Å². The summed E-state index contributed by atoms with van der Waals surface area (Å²) in [5, 5.41) is 19.6. The number of hydrogen-bond acceptors (Lipinski definition) is 5. The molecule has 0 fully saturated rings. The van der Waals surface area contributed by atoms with Crippen molar-refractivity contribution in [2.75, 3.05) is 19.5 Å². The number of nitro groups is 1. The van der Waals surface area contributed by atoms with Crippen molar-refractivity contribution >= 4 is 23.4 Å². The molecule has 0 spiro atoms. The predicted octanol–water partition coefficient (Wildman–Crippen LogP) is 2.42. The van der Waals surface area contributed by atoms with Crippen LogP contribution in [-0.4, -0.2) is 35.5 Å². The van der Waals surface area contributed by atoms with Crippen LogP contribution in [0.3, 0.4) is 0 Å². The molecule has 1 N–H and O–H groups in total. The maximum absolute atomic E-state index is 11.0. The van der Waals surface area contributed by atoms with Gasteiger partial charge < -0.3 is 9.84 Å². The van der Waals surface area contributed by atoms with Crippen LogP contribution in [-0.2, 0) is 4.74 Å². The van der Waals surface area contributed by atoms with Gasteiger partial charge in [-0.2, -0.15) is 0 Å². The predicted molar refractivity (Wildman–Crippen MR) is 67.3 cm³/mol. The second-order valence-electron chi connectivity index (χ2n) is 3.44. The van der Waals surface area contributed by atoms with E-state index in [4.69, 9.17) is 9.84 Å². The van der Waals surface area contributed by atoms with E-state index < -0.39 is 10.9 Å². The minimum atomic E-state index is -1.16. The maximum Gasteiger partial charge on any atom is 0.337 e. The molecule has 0 radical (unpaired) electrons. The van der Waals surface area contributed by atoms with Crippen molar-refractivity contribution in [3.63, 3.8) is 0 Å². The van der Waals surface area contributed by atoms with Gasteiger partial charge in [-0.05, 0) is 12.5 Å². The van der Waals surface area contributed by atoms with Crippen molar-refractivity contribution < 1.29 is 19.6 Å². The molecule has 0 heterocycles. The zero-order valence-electron chi connectivity index (χ0n) is 9.79. The van der Waals surface area contributed by atoms with Gasteiger partial charge in [-0.1, -0.05) is 0 Å². The molecule has 1 rings (SSSR count). The molecule has 7 heteroatoms. The molecule has 0 aromatic heterocycles. The number of aromatic carboxylic acids is 1. The first-order valence-electron chi connectivity index (χ1n) is 5.19.